The predicted octanol–water partition coefficient (Wildman–Crippen LogP) is 2.26. The van der Waals surface area contributed by atoms with Crippen molar-refractivity contribution in [2.45, 2.75) is 23.8 Å². The molecule has 0 aromatic heterocycles. The minimum atomic E-state index is -3.62. The van der Waals surface area contributed by atoms with E-state index in [1.807, 2.05) is 7.05 Å². The molecule has 1 aliphatic rings. The van der Waals surface area contributed by atoms with Crippen molar-refractivity contribution in [1.82, 2.24) is 9.62 Å². The molecule has 1 aromatic carbocycles. The smallest absolute Gasteiger partial charge is 0.247 e. The third kappa shape index (κ3) is 4.11. The molecule has 6 nitrogen and oxygen atoms in total. The zero-order valence-corrected chi connectivity index (χ0v) is 16.6. The number of halogens is 2. The Balaban J connectivity index is 0.00000264. The van der Waals surface area contributed by atoms with Crippen molar-refractivity contribution in [1.29, 1.82) is 0 Å². The summed E-state index contributed by atoms with van der Waals surface area (Å²) in [6.07, 6.45) is 1.73. The summed E-state index contributed by atoms with van der Waals surface area (Å²) in [7, 11) is 1.19. The molecule has 0 bridgehead atoms. The van der Waals surface area contributed by atoms with Crippen LogP contribution in [-0.4, -0.2) is 53.1 Å². The fourth-order valence-corrected chi connectivity index (χ4v) is 5.24. The Bertz CT molecular complexity index is 642. The van der Waals surface area contributed by atoms with Crippen molar-refractivity contribution in [3.05, 3.63) is 16.6 Å². The highest BCUT2D eigenvalue weighted by molar-refractivity contribution is 9.10. The summed E-state index contributed by atoms with van der Waals surface area (Å²) in [5.41, 5.74) is 0. The van der Waals surface area contributed by atoms with E-state index in [1.54, 1.807) is 16.4 Å². The van der Waals surface area contributed by atoms with Crippen LogP contribution in [0.1, 0.15) is 12.8 Å². The van der Waals surface area contributed by atoms with Crippen LogP contribution < -0.4 is 14.8 Å². The van der Waals surface area contributed by atoms with Gasteiger partial charge in [0, 0.05) is 25.2 Å². The average Bonchev–Trinajstić information content (AvgIpc) is 2.96. The van der Waals surface area contributed by atoms with Gasteiger partial charge in [0.25, 0.3) is 0 Å². The van der Waals surface area contributed by atoms with Gasteiger partial charge in [-0.05, 0) is 41.9 Å². The Morgan fingerprint density at radius 3 is 2.52 bits per heavy atom. The second-order valence-corrected chi connectivity index (χ2v) is 7.82. The third-order valence-corrected chi connectivity index (χ3v) is 6.38. The van der Waals surface area contributed by atoms with Crippen LogP contribution in [0, 0.1) is 0 Å². The van der Waals surface area contributed by atoms with Gasteiger partial charge in [-0.3, -0.25) is 0 Å². The highest BCUT2D eigenvalue weighted by atomic mass is 79.9. The van der Waals surface area contributed by atoms with E-state index in [9.17, 15) is 8.42 Å². The quantitative estimate of drug-likeness (QED) is 0.751. The molecular weight excluding hydrogens is 408 g/mol. The van der Waals surface area contributed by atoms with Crippen molar-refractivity contribution >= 4 is 38.4 Å². The van der Waals surface area contributed by atoms with Crippen molar-refractivity contribution < 1.29 is 17.9 Å². The fourth-order valence-electron chi connectivity index (χ4n) is 2.73. The minimum absolute atomic E-state index is 0. The molecule has 1 saturated heterocycles. The van der Waals surface area contributed by atoms with Crippen LogP contribution in [-0.2, 0) is 10.0 Å². The number of rotatable bonds is 6. The van der Waals surface area contributed by atoms with E-state index in [2.05, 4.69) is 21.2 Å². The van der Waals surface area contributed by atoms with Crippen molar-refractivity contribution in [3.8, 4) is 11.5 Å². The Morgan fingerprint density at radius 2 is 1.96 bits per heavy atom. The lowest BCUT2D eigenvalue weighted by Gasteiger charge is -2.25. The van der Waals surface area contributed by atoms with E-state index in [-0.39, 0.29) is 29.1 Å². The number of nitrogens with one attached hydrogen (secondary N) is 1. The fraction of sp³-hybridized carbons (Fsp3) is 0.571. The first-order valence-electron chi connectivity index (χ1n) is 7.03. The van der Waals surface area contributed by atoms with Crippen molar-refractivity contribution in [2.24, 2.45) is 0 Å². The number of hydrogen-bond donors (Lipinski definition) is 1. The highest BCUT2D eigenvalue weighted by Crippen LogP contribution is 2.38. The van der Waals surface area contributed by atoms with Gasteiger partial charge in [-0.25, -0.2) is 8.42 Å². The van der Waals surface area contributed by atoms with Crippen LogP contribution >= 0.6 is 28.3 Å². The Labute approximate surface area is 152 Å². The summed E-state index contributed by atoms with van der Waals surface area (Å²) >= 11 is 3.34. The molecule has 132 valence electrons. The topological polar surface area (TPSA) is 67.9 Å². The van der Waals surface area contributed by atoms with E-state index in [0.717, 1.165) is 12.8 Å². The molecule has 0 spiro atoms. The Hall–Kier alpha value is -0.540. The number of likely N-dealkylation sites (N-methyl/N-ethyl adjacent to an activating group) is 1. The molecule has 1 aromatic rings. The summed E-state index contributed by atoms with van der Waals surface area (Å²) < 4.78 is 38.6. The average molecular weight is 430 g/mol. The van der Waals surface area contributed by atoms with Crippen LogP contribution in [0.5, 0.6) is 11.5 Å². The second-order valence-electron chi connectivity index (χ2n) is 5.11. The molecule has 1 heterocycles. The molecule has 2 rings (SSSR count). The van der Waals surface area contributed by atoms with Gasteiger partial charge in [-0.2, -0.15) is 4.31 Å². The number of sulfonamides is 1. The number of ether oxygens (including phenoxy) is 2. The predicted molar refractivity (Wildman–Crippen MR) is 95.3 cm³/mol. The summed E-state index contributed by atoms with van der Waals surface area (Å²) in [5.74, 6) is 0.819. The molecule has 1 atom stereocenters. The maximum absolute atomic E-state index is 13.0. The van der Waals surface area contributed by atoms with E-state index in [0.29, 0.717) is 23.3 Å². The molecular formula is C14H22BrClN2O4S. The lowest BCUT2D eigenvalue weighted by molar-refractivity contribution is 0.366. The second kappa shape index (κ2) is 8.53. The number of nitrogens with zero attached hydrogens (tertiary/aromatic N) is 1. The SMILES string of the molecule is CNCC1CCCN1S(=O)(=O)c1cc(Br)c(OC)cc1OC.Cl. The Morgan fingerprint density at radius 1 is 1.30 bits per heavy atom. The van der Waals surface area contributed by atoms with E-state index in [4.69, 9.17) is 9.47 Å². The van der Waals surface area contributed by atoms with Crippen LogP contribution in [0.25, 0.3) is 0 Å². The molecule has 1 unspecified atom stereocenters. The first-order valence-corrected chi connectivity index (χ1v) is 9.27. The van der Waals surface area contributed by atoms with Gasteiger partial charge in [0.05, 0.1) is 18.7 Å². The molecule has 1 N–H and O–H groups in total. The number of methoxy groups -OCH3 is 2. The molecule has 0 amide bonds. The van der Waals surface area contributed by atoms with Gasteiger partial charge in [0.2, 0.25) is 10.0 Å². The Kier molecular flexibility index (Phi) is 7.60. The normalized spacial score (nSPS) is 18.5. The van der Waals surface area contributed by atoms with Gasteiger partial charge < -0.3 is 14.8 Å². The van der Waals surface area contributed by atoms with Gasteiger partial charge in [-0.1, -0.05) is 0 Å². The molecule has 9 heteroatoms. The lowest BCUT2D eigenvalue weighted by atomic mass is 10.2. The molecule has 1 aliphatic heterocycles. The van der Waals surface area contributed by atoms with Gasteiger partial charge in [-0.15, -0.1) is 12.4 Å². The first kappa shape index (κ1) is 20.5. The summed E-state index contributed by atoms with van der Waals surface area (Å²) in [6, 6.07) is 3.10. The summed E-state index contributed by atoms with van der Waals surface area (Å²) in [6.45, 7) is 1.17. The van der Waals surface area contributed by atoms with Crippen molar-refractivity contribution in [3.63, 3.8) is 0 Å². The number of hydrogen-bond acceptors (Lipinski definition) is 5. The number of benzene rings is 1. The van der Waals surface area contributed by atoms with Gasteiger partial charge >= 0.3 is 0 Å². The maximum Gasteiger partial charge on any atom is 0.247 e. The largest absolute Gasteiger partial charge is 0.495 e. The van der Waals surface area contributed by atoms with E-state index in [1.165, 1.54) is 14.2 Å². The minimum Gasteiger partial charge on any atom is -0.495 e. The van der Waals surface area contributed by atoms with Crippen LogP contribution in [0.3, 0.4) is 0 Å². The first-order chi connectivity index (χ1) is 10.5. The van der Waals surface area contributed by atoms with Crippen molar-refractivity contribution in [2.75, 3.05) is 34.4 Å². The van der Waals surface area contributed by atoms with E-state index >= 15 is 0 Å². The monoisotopic (exact) mass is 428 g/mol. The summed E-state index contributed by atoms with van der Waals surface area (Å²) in [5, 5.41) is 3.05. The van der Waals surface area contributed by atoms with Gasteiger partial charge in [0.15, 0.2) is 0 Å². The van der Waals surface area contributed by atoms with Gasteiger partial charge in [0.1, 0.15) is 16.4 Å². The van der Waals surface area contributed by atoms with Crippen LogP contribution in [0.2, 0.25) is 0 Å². The lowest BCUT2D eigenvalue weighted by Crippen LogP contribution is -2.40. The maximum atomic E-state index is 13.0. The zero-order chi connectivity index (χ0) is 16.3. The van der Waals surface area contributed by atoms with E-state index < -0.39 is 10.0 Å². The molecule has 0 radical (unpaired) electrons. The molecule has 0 saturated carbocycles. The molecule has 1 fully saturated rings. The van der Waals surface area contributed by atoms with Crippen LogP contribution in [0.15, 0.2) is 21.5 Å². The highest BCUT2D eigenvalue weighted by Gasteiger charge is 2.36. The third-order valence-electron chi connectivity index (χ3n) is 3.79. The zero-order valence-electron chi connectivity index (χ0n) is 13.3. The molecule has 0 aliphatic carbocycles. The molecule has 23 heavy (non-hydrogen) atoms. The standard InChI is InChI=1S/C14H21BrN2O4S.ClH/c1-16-9-10-5-4-6-17(10)22(18,19)14-7-11(15)12(20-2)8-13(14)21-3;/h7-8,10,16H,4-6,9H2,1-3H3;1H. The summed E-state index contributed by atoms with van der Waals surface area (Å²) in [4.78, 5) is 0.158. The van der Waals surface area contributed by atoms with Crippen LogP contribution in [0.4, 0.5) is 0 Å².